The Labute approximate surface area is 187 Å². The molecule has 0 atom stereocenters. The molecule has 0 aliphatic rings. The minimum atomic E-state index is -5.84. The molecule has 12 heteroatoms. The SMILES string of the molecule is OCCc1ccc(-c2cc(C(F)(F)C(F)(F)F)nc3c2ccc2nc(-c4nnco4)cn23)cc1. The molecular formula is C22H14F5N5O2. The number of hydrogen-bond acceptors (Lipinski definition) is 6. The summed E-state index contributed by atoms with van der Waals surface area (Å²) in [6, 6.07) is 10.4. The summed E-state index contributed by atoms with van der Waals surface area (Å²) in [6.07, 6.45) is -3.01. The molecule has 5 rings (SSSR count). The number of benzene rings is 1. The number of halogens is 5. The van der Waals surface area contributed by atoms with Crippen molar-refractivity contribution in [1.82, 2.24) is 24.6 Å². The first kappa shape index (κ1) is 21.9. The molecule has 34 heavy (non-hydrogen) atoms. The van der Waals surface area contributed by atoms with Crippen molar-refractivity contribution < 1.29 is 31.5 Å². The molecule has 4 heterocycles. The lowest BCUT2D eigenvalue weighted by molar-refractivity contribution is -0.290. The highest BCUT2D eigenvalue weighted by molar-refractivity contribution is 5.94. The lowest BCUT2D eigenvalue weighted by Crippen LogP contribution is -2.34. The zero-order valence-corrected chi connectivity index (χ0v) is 17.1. The van der Waals surface area contributed by atoms with Crippen molar-refractivity contribution in [3.63, 3.8) is 0 Å². The van der Waals surface area contributed by atoms with Crippen molar-refractivity contribution in [3.8, 4) is 22.7 Å². The van der Waals surface area contributed by atoms with E-state index < -0.39 is 17.8 Å². The Kier molecular flexibility index (Phi) is 5.04. The fourth-order valence-corrected chi connectivity index (χ4v) is 3.64. The first-order valence-electron chi connectivity index (χ1n) is 9.93. The quantitative estimate of drug-likeness (QED) is 0.368. The number of imidazole rings is 1. The zero-order chi connectivity index (χ0) is 24.1. The van der Waals surface area contributed by atoms with Gasteiger partial charge in [0, 0.05) is 18.2 Å². The van der Waals surface area contributed by atoms with Crippen LogP contribution in [0.2, 0.25) is 0 Å². The Bertz CT molecular complexity index is 1480. The van der Waals surface area contributed by atoms with Gasteiger partial charge in [-0.3, -0.25) is 4.40 Å². The Morgan fingerprint density at radius 2 is 1.74 bits per heavy atom. The standard InChI is InChI=1S/C22H14F5N5O2/c23-21(24,22(25,26)27)17-9-15(13-3-1-12(2-4-13)7-8-33)14-5-6-18-29-16(20-31-28-11-34-20)10-32(18)19(14)30-17/h1-6,9-11,33H,7-8H2. The van der Waals surface area contributed by atoms with Crippen LogP contribution in [-0.4, -0.2) is 42.5 Å². The summed E-state index contributed by atoms with van der Waals surface area (Å²) in [5, 5.41) is 16.7. The third kappa shape index (κ3) is 3.55. The molecule has 4 aromatic heterocycles. The number of pyridine rings is 2. The van der Waals surface area contributed by atoms with Gasteiger partial charge in [0.15, 0.2) is 0 Å². The number of nitrogens with zero attached hydrogens (tertiary/aromatic N) is 5. The fraction of sp³-hybridized carbons (Fsp3) is 0.182. The van der Waals surface area contributed by atoms with Crippen LogP contribution < -0.4 is 0 Å². The monoisotopic (exact) mass is 475 g/mol. The molecule has 0 radical (unpaired) electrons. The molecular weight excluding hydrogens is 461 g/mol. The van der Waals surface area contributed by atoms with Crippen molar-refractivity contribution in [2.45, 2.75) is 18.5 Å². The average Bonchev–Trinajstić information content (AvgIpc) is 3.48. The molecule has 0 unspecified atom stereocenters. The summed E-state index contributed by atoms with van der Waals surface area (Å²) in [4.78, 5) is 8.00. The van der Waals surface area contributed by atoms with Crippen molar-refractivity contribution >= 4 is 16.7 Å². The number of aliphatic hydroxyl groups is 1. The van der Waals surface area contributed by atoms with Gasteiger partial charge in [-0.1, -0.05) is 24.3 Å². The molecule has 0 bridgehead atoms. The minimum Gasteiger partial charge on any atom is -0.422 e. The van der Waals surface area contributed by atoms with Gasteiger partial charge >= 0.3 is 12.1 Å². The molecule has 1 N–H and O–H groups in total. The summed E-state index contributed by atoms with van der Waals surface area (Å²) in [6.45, 7) is -0.0829. The van der Waals surface area contributed by atoms with Gasteiger partial charge in [0.1, 0.15) is 22.7 Å². The fourth-order valence-electron chi connectivity index (χ4n) is 3.64. The van der Waals surface area contributed by atoms with E-state index in [-0.39, 0.29) is 35.0 Å². The molecule has 1 aromatic carbocycles. The molecule has 0 aliphatic carbocycles. The molecule has 5 aromatic rings. The Balaban J connectivity index is 1.79. The van der Waals surface area contributed by atoms with Crippen LogP contribution in [0.25, 0.3) is 39.4 Å². The molecule has 0 saturated heterocycles. The number of alkyl halides is 5. The summed E-state index contributed by atoms with van der Waals surface area (Å²) in [5.41, 5.74) is 0.180. The summed E-state index contributed by atoms with van der Waals surface area (Å²) in [7, 11) is 0. The van der Waals surface area contributed by atoms with Crippen LogP contribution in [0.1, 0.15) is 11.3 Å². The van der Waals surface area contributed by atoms with Crippen LogP contribution >= 0.6 is 0 Å². The topological polar surface area (TPSA) is 89.3 Å². The van der Waals surface area contributed by atoms with Crippen LogP contribution in [0.15, 0.2) is 59.5 Å². The van der Waals surface area contributed by atoms with E-state index in [9.17, 15) is 22.0 Å². The van der Waals surface area contributed by atoms with E-state index in [4.69, 9.17) is 9.52 Å². The van der Waals surface area contributed by atoms with E-state index in [1.807, 2.05) is 0 Å². The van der Waals surface area contributed by atoms with E-state index in [1.54, 1.807) is 36.4 Å². The van der Waals surface area contributed by atoms with Gasteiger partial charge in [-0.2, -0.15) is 22.0 Å². The predicted molar refractivity (Wildman–Crippen MR) is 110 cm³/mol. The van der Waals surface area contributed by atoms with Crippen molar-refractivity contribution in [2.75, 3.05) is 6.61 Å². The average molecular weight is 475 g/mol. The third-order valence-corrected chi connectivity index (χ3v) is 5.32. The van der Waals surface area contributed by atoms with Crippen molar-refractivity contribution in [2.24, 2.45) is 0 Å². The van der Waals surface area contributed by atoms with Crippen LogP contribution in [0.5, 0.6) is 0 Å². The number of hydrogen-bond donors (Lipinski definition) is 1. The lowest BCUT2D eigenvalue weighted by atomic mass is 9.98. The Hall–Kier alpha value is -3.93. The minimum absolute atomic E-state index is 0.0494. The van der Waals surface area contributed by atoms with Gasteiger partial charge in [0.05, 0.1) is 0 Å². The maximum atomic E-state index is 14.4. The van der Waals surface area contributed by atoms with Crippen LogP contribution in [0.3, 0.4) is 0 Å². The van der Waals surface area contributed by atoms with E-state index in [0.717, 1.165) is 18.0 Å². The Morgan fingerprint density at radius 1 is 0.971 bits per heavy atom. The highest BCUT2D eigenvalue weighted by Crippen LogP contribution is 2.45. The molecule has 0 amide bonds. The molecule has 174 valence electrons. The summed E-state index contributed by atoms with van der Waals surface area (Å²) >= 11 is 0. The first-order valence-corrected chi connectivity index (χ1v) is 9.93. The maximum absolute atomic E-state index is 14.4. The molecule has 0 aliphatic heterocycles. The van der Waals surface area contributed by atoms with Crippen molar-refractivity contribution in [1.29, 1.82) is 0 Å². The third-order valence-electron chi connectivity index (χ3n) is 5.32. The first-order chi connectivity index (χ1) is 16.2. The van der Waals surface area contributed by atoms with E-state index in [2.05, 4.69) is 20.2 Å². The van der Waals surface area contributed by atoms with Gasteiger partial charge < -0.3 is 9.52 Å². The predicted octanol–water partition coefficient (Wildman–Crippen LogP) is 4.79. The van der Waals surface area contributed by atoms with E-state index >= 15 is 0 Å². The summed E-state index contributed by atoms with van der Waals surface area (Å²) < 4.78 is 74.9. The van der Waals surface area contributed by atoms with Gasteiger partial charge in [-0.25, -0.2) is 9.97 Å². The number of aliphatic hydroxyl groups excluding tert-OH is 1. The zero-order valence-electron chi connectivity index (χ0n) is 17.1. The van der Waals surface area contributed by atoms with Crippen LogP contribution in [0, 0.1) is 0 Å². The second-order valence-electron chi connectivity index (χ2n) is 7.47. The van der Waals surface area contributed by atoms with Crippen molar-refractivity contribution in [3.05, 3.63) is 66.3 Å². The molecule has 7 nitrogen and oxygen atoms in total. The highest BCUT2D eigenvalue weighted by Gasteiger charge is 2.60. The lowest BCUT2D eigenvalue weighted by Gasteiger charge is -2.21. The van der Waals surface area contributed by atoms with Crippen LogP contribution in [0.4, 0.5) is 22.0 Å². The number of fused-ring (bicyclic) bond motifs is 3. The highest BCUT2D eigenvalue weighted by atomic mass is 19.4. The second kappa shape index (κ2) is 7.83. The molecule has 0 fully saturated rings. The number of aromatic nitrogens is 5. The normalized spacial score (nSPS) is 12.6. The Morgan fingerprint density at radius 3 is 2.38 bits per heavy atom. The smallest absolute Gasteiger partial charge is 0.422 e. The molecule has 0 saturated carbocycles. The van der Waals surface area contributed by atoms with Gasteiger partial charge in [0.25, 0.3) is 5.89 Å². The van der Waals surface area contributed by atoms with Gasteiger partial charge in [-0.15, -0.1) is 10.2 Å². The molecule has 0 spiro atoms. The largest absolute Gasteiger partial charge is 0.459 e. The maximum Gasteiger partial charge on any atom is 0.459 e. The second-order valence-corrected chi connectivity index (χ2v) is 7.47. The van der Waals surface area contributed by atoms with E-state index in [0.29, 0.717) is 17.4 Å². The summed E-state index contributed by atoms with van der Waals surface area (Å²) in [5.74, 6) is -5.14. The number of rotatable bonds is 5. The van der Waals surface area contributed by atoms with Gasteiger partial charge in [0.2, 0.25) is 6.39 Å². The van der Waals surface area contributed by atoms with E-state index in [1.165, 1.54) is 10.6 Å². The van der Waals surface area contributed by atoms with Crippen LogP contribution in [-0.2, 0) is 12.3 Å². The van der Waals surface area contributed by atoms with Gasteiger partial charge in [-0.05, 0) is 41.3 Å².